The second-order valence-corrected chi connectivity index (χ2v) is 7.42. The number of fused-ring (bicyclic) bond motifs is 2. The summed E-state index contributed by atoms with van der Waals surface area (Å²) in [7, 11) is 0. The van der Waals surface area contributed by atoms with E-state index in [1.54, 1.807) is 0 Å². The second kappa shape index (κ2) is 7.98. The van der Waals surface area contributed by atoms with Crippen molar-refractivity contribution >= 4 is 23.8 Å². The van der Waals surface area contributed by atoms with Crippen LogP contribution in [0.15, 0.2) is 54.6 Å². The lowest BCUT2D eigenvalue weighted by molar-refractivity contribution is -0.135. The Morgan fingerprint density at radius 2 is 1.70 bits per heavy atom. The molecule has 30 heavy (non-hydrogen) atoms. The Kier molecular flexibility index (Phi) is 5.22. The van der Waals surface area contributed by atoms with E-state index in [0.29, 0.717) is 19.4 Å². The Balaban J connectivity index is 1.31. The molecule has 2 aliphatic rings. The number of benzene rings is 2. The van der Waals surface area contributed by atoms with Crippen molar-refractivity contribution in [2.45, 2.75) is 24.9 Å². The first-order valence-electron chi connectivity index (χ1n) is 9.79. The first kappa shape index (κ1) is 19.6. The number of hydrogen-bond acceptors (Lipinski definition) is 4. The van der Waals surface area contributed by atoms with E-state index in [4.69, 9.17) is 0 Å². The summed E-state index contributed by atoms with van der Waals surface area (Å²) in [6.07, 6.45) is 1.15. The van der Waals surface area contributed by atoms with E-state index in [2.05, 4.69) is 16.0 Å². The van der Waals surface area contributed by atoms with Gasteiger partial charge >= 0.3 is 6.03 Å². The fraction of sp³-hybridized carbons (Fsp3) is 0.273. The maximum atomic E-state index is 13.0. The highest BCUT2D eigenvalue weighted by Gasteiger charge is 2.55. The van der Waals surface area contributed by atoms with Crippen molar-refractivity contribution in [3.63, 3.8) is 0 Å². The molecule has 1 unspecified atom stereocenters. The predicted molar refractivity (Wildman–Crippen MR) is 108 cm³/mol. The highest BCUT2D eigenvalue weighted by Crippen LogP contribution is 2.41. The first-order valence-corrected chi connectivity index (χ1v) is 9.79. The normalized spacial score (nSPS) is 19.5. The number of nitrogens with zero attached hydrogens (tertiary/aromatic N) is 1. The average molecular weight is 406 g/mol. The molecule has 1 fully saturated rings. The molecule has 4 rings (SSSR count). The van der Waals surface area contributed by atoms with E-state index in [1.165, 1.54) is 0 Å². The van der Waals surface area contributed by atoms with Crippen LogP contribution in [0.3, 0.4) is 0 Å². The topological polar surface area (TPSA) is 108 Å². The van der Waals surface area contributed by atoms with Gasteiger partial charge in [-0.05, 0) is 29.5 Å². The summed E-state index contributed by atoms with van der Waals surface area (Å²) in [6.45, 7) is -0.311. The monoisotopic (exact) mass is 406 g/mol. The van der Waals surface area contributed by atoms with Crippen molar-refractivity contribution in [1.82, 2.24) is 20.9 Å². The van der Waals surface area contributed by atoms with Gasteiger partial charge in [-0.1, -0.05) is 54.6 Å². The minimum Gasteiger partial charge on any atom is -0.350 e. The summed E-state index contributed by atoms with van der Waals surface area (Å²) in [6, 6.07) is 16.3. The van der Waals surface area contributed by atoms with Crippen LogP contribution in [0.5, 0.6) is 0 Å². The highest BCUT2D eigenvalue weighted by atomic mass is 16.2. The van der Waals surface area contributed by atoms with Gasteiger partial charge in [-0.2, -0.15) is 0 Å². The Hall–Kier alpha value is -3.68. The molecule has 154 valence electrons. The molecule has 3 N–H and O–H groups in total. The van der Waals surface area contributed by atoms with Crippen LogP contribution in [-0.4, -0.2) is 41.7 Å². The van der Waals surface area contributed by atoms with Crippen LogP contribution in [0, 0.1) is 0 Å². The standard InChI is InChI=1S/C22H22N4O4/c27-18(23-12-15-6-2-1-3-7-15)13-24-19(28)14-26-20(29)22(25-21(26)30)11-10-16-8-4-5-9-17(16)22/h1-9H,10-14H2,(H,23,27)(H,24,28)(H,25,30). The van der Waals surface area contributed by atoms with Crippen LogP contribution in [0.2, 0.25) is 0 Å². The molecule has 1 heterocycles. The highest BCUT2D eigenvalue weighted by molar-refractivity contribution is 6.10. The molecule has 2 aromatic rings. The molecule has 0 bridgehead atoms. The van der Waals surface area contributed by atoms with Gasteiger partial charge in [0.2, 0.25) is 11.8 Å². The van der Waals surface area contributed by atoms with Crippen LogP contribution in [-0.2, 0) is 32.9 Å². The van der Waals surface area contributed by atoms with Crippen LogP contribution in [0.4, 0.5) is 4.79 Å². The third-order valence-corrected chi connectivity index (χ3v) is 5.50. The number of rotatable bonds is 6. The Bertz CT molecular complexity index is 1010. The minimum absolute atomic E-state index is 0.233. The molecule has 1 aliphatic carbocycles. The number of carbonyl (C=O) groups is 4. The molecule has 0 saturated carbocycles. The zero-order valence-corrected chi connectivity index (χ0v) is 16.3. The van der Waals surface area contributed by atoms with Gasteiger partial charge in [-0.3, -0.25) is 19.3 Å². The molecule has 0 radical (unpaired) electrons. The fourth-order valence-electron chi connectivity index (χ4n) is 3.97. The van der Waals surface area contributed by atoms with Crippen molar-refractivity contribution < 1.29 is 19.2 Å². The number of imide groups is 1. The van der Waals surface area contributed by atoms with E-state index in [0.717, 1.165) is 21.6 Å². The number of carbonyl (C=O) groups excluding carboxylic acids is 4. The summed E-state index contributed by atoms with van der Waals surface area (Å²) in [5, 5.41) is 7.93. The van der Waals surface area contributed by atoms with Gasteiger partial charge in [0.1, 0.15) is 12.1 Å². The first-order chi connectivity index (χ1) is 14.5. The number of urea groups is 1. The Morgan fingerprint density at radius 3 is 2.50 bits per heavy atom. The fourth-order valence-corrected chi connectivity index (χ4v) is 3.97. The average Bonchev–Trinajstić information content (AvgIpc) is 3.25. The molecule has 8 nitrogen and oxygen atoms in total. The molecule has 2 aromatic carbocycles. The summed E-state index contributed by atoms with van der Waals surface area (Å²) >= 11 is 0. The molecule has 1 spiro atoms. The van der Waals surface area contributed by atoms with Gasteiger partial charge in [0.05, 0.1) is 6.54 Å². The lowest BCUT2D eigenvalue weighted by atomic mass is 9.92. The molecule has 1 saturated heterocycles. The van der Waals surface area contributed by atoms with Crippen molar-refractivity contribution in [2.75, 3.05) is 13.1 Å². The number of nitrogens with one attached hydrogen (secondary N) is 3. The van der Waals surface area contributed by atoms with Crippen LogP contribution >= 0.6 is 0 Å². The van der Waals surface area contributed by atoms with Gasteiger partial charge in [-0.15, -0.1) is 0 Å². The van der Waals surface area contributed by atoms with Crippen LogP contribution in [0.25, 0.3) is 0 Å². The van der Waals surface area contributed by atoms with Gasteiger partial charge in [0.25, 0.3) is 5.91 Å². The number of amides is 5. The van der Waals surface area contributed by atoms with E-state index in [1.807, 2.05) is 54.6 Å². The SMILES string of the molecule is O=C(CNC(=O)CN1C(=O)NC2(CCc3ccccc32)C1=O)NCc1ccccc1. The van der Waals surface area contributed by atoms with Crippen molar-refractivity contribution in [3.8, 4) is 0 Å². The zero-order chi connectivity index (χ0) is 21.1. The van der Waals surface area contributed by atoms with Gasteiger partial charge in [-0.25, -0.2) is 4.79 Å². The Morgan fingerprint density at radius 1 is 0.967 bits per heavy atom. The lowest BCUT2D eigenvalue weighted by Gasteiger charge is -2.22. The predicted octanol–water partition coefficient (Wildman–Crippen LogP) is 0.813. The van der Waals surface area contributed by atoms with Crippen molar-refractivity contribution in [1.29, 1.82) is 0 Å². The second-order valence-electron chi connectivity index (χ2n) is 7.42. The van der Waals surface area contributed by atoms with Crippen molar-refractivity contribution in [3.05, 3.63) is 71.3 Å². The van der Waals surface area contributed by atoms with Crippen LogP contribution < -0.4 is 16.0 Å². The molecule has 5 amide bonds. The molecule has 1 aliphatic heterocycles. The molecular formula is C22H22N4O4. The molecular weight excluding hydrogens is 384 g/mol. The van der Waals surface area contributed by atoms with Crippen LogP contribution in [0.1, 0.15) is 23.1 Å². The summed E-state index contributed by atoms with van der Waals surface area (Å²) in [4.78, 5) is 50.6. The molecule has 8 heteroatoms. The zero-order valence-electron chi connectivity index (χ0n) is 16.3. The van der Waals surface area contributed by atoms with Gasteiger partial charge in [0.15, 0.2) is 0 Å². The van der Waals surface area contributed by atoms with E-state index >= 15 is 0 Å². The van der Waals surface area contributed by atoms with E-state index in [-0.39, 0.29) is 12.5 Å². The summed E-state index contributed by atoms with van der Waals surface area (Å²) in [5.41, 5.74) is 1.65. The summed E-state index contributed by atoms with van der Waals surface area (Å²) < 4.78 is 0. The number of aryl methyl sites for hydroxylation is 1. The van der Waals surface area contributed by atoms with Gasteiger partial charge in [0, 0.05) is 6.54 Å². The number of hydrogen-bond donors (Lipinski definition) is 3. The van der Waals surface area contributed by atoms with Gasteiger partial charge < -0.3 is 16.0 Å². The maximum absolute atomic E-state index is 13.0. The third kappa shape index (κ3) is 3.63. The van der Waals surface area contributed by atoms with E-state index < -0.39 is 29.9 Å². The van der Waals surface area contributed by atoms with Crippen molar-refractivity contribution in [2.24, 2.45) is 0 Å². The van der Waals surface area contributed by atoms with E-state index in [9.17, 15) is 19.2 Å². The lowest BCUT2D eigenvalue weighted by Crippen LogP contribution is -2.45. The minimum atomic E-state index is -1.10. The smallest absolute Gasteiger partial charge is 0.325 e. The Labute approximate surface area is 173 Å². The summed E-state index contributed by atoms with van der Waals surface area (Å²) in [5.74, 6) is -1.36. The maximum Gasteiger partial charge on any atom is 0.325 e. The largest absolute Gasteiger partial charge is 0.350 e. The molecule has 0 aromatic heterocycles. The third-order valence-electron chi connectivity index (χ3n) is 5.50. The quantitative estimate of drug-likeness (QED) is 0.617. The molecule has 1 atom stereocenters.